The van der Waals surface area contributed by atoms with E-state index < -0.39 is 11.4 Å². The van der Waals surface area contributed by atoms with E-state index in [1.165, 1.54) is 0 Å². The van der Waals surface area contributed by atoms with Crippen LogP contribution in [0.5, 0.6) is 5.88 Å². The van der Waals surface area contributed by atoms with Gasteiger partial charge in [-0.25, -0.2) is 9.78 Å². The van der Waals surface area contributed by atoms with Crippen LogP contribution < -0.4 is 4.74 Å². The average Bonchev–Trinajstić information content (AvgIpc) is 3.24. The maximum atomic E-state index is 14.3. The molecule has 0 fully saturated rings. The summed E-state index contributed by atoms with van der Waals surface area (Å²) in [5, 5.41) is 1.33. The van der Waals surface area contributed by atoms with Gasteiger partial charge in [-0.05, 0) is 44.9 Å². The van der Waals surface area contributed by atoms with Crippen molar-refractivity contribution in [2.24, 2.45) is 0 Å². The summed E-state index contributed by atoms with van der Waals surface area (Å²) in [6, 6.07) is 5.27. The monoisotopic (exact) mass is 459 g/mol. The van der Waals surface area contributed by atoms with Gasteiger partial charge >= 0.3 is 6.09 Å². The first kappa shape index (κ1) is 22.1. The molecule has 9 heteroatoms. The Morgan fingerprint density at radius 3 is 2.84 bits per heavy atom. The van der Waals surface area contributed by atoms with Gasteiger partial charge in [-0.1, -0.05) is 23.7 Å². The molecule has 1 aliphatic rings. The Morgan fingerprint density at radius 2 is 2.12 bits per heavy atom. The Labute approximate surface area is 189 Å². The number of fused-ring (bicyclic) bond motifs is 1. The molecule has 0 atom stereocenters. The quantitative estimate of drug-likeness (QED) is 0.504. The highest BCUT2D eigenvalue weighted by atomic mass is 35.5. The Hall–Kier alpha value is -3.13. The van der Waals surface area contributed by atoms with E-state index in [4.69, 9.17) is 25.5 Å². The van der Waals surface area contributed by atoms with E-state index in [1.807, 2.05) is 26.8 Å². The van der Waals surface area contributed by atoms with Crippen LogP contribution in [0.2, 0.25) is 5.02 Å². The van der Waals surface area contributed by atoms with Crippen molar-refractivity contribution in [1.82, 2.24) is 14.9 Å². The first-order valence-electron chi connectivity index (χ1n) is 10.2. The van der Waals surface area contributed by atoms with Crippen molar-refractivity contribution in [3.05, 3.63) is 59.0 Å². The maximum Gasteiger partial charge on any atom is 0.410 e. The number of benzene rings is 1. The molecule has 1 aromatic carbocycles. The Bertz CT molecular complexity index is 1190. The second kappa shape index (κ2) is 8.78. The largest absolute Gasteiger partial charge is 0.470 e. The Balaban J connectivity index is 1.47. The molecule has 2 aromatic heterocycles. The first-order valence-corrected chi connectivity index (χ1v) is 10.6. The van der Waals surface area contributed by atoms with Crippen molar-refractivity contribution in [3.63, 3.8) is 0 Å². The molecule has 4 rings (SSSR count). The smallest absolute Gasteiger partial charge is 0.410 e. The molecule has 3 heterocycles. The Kier molecular flexibility index (Phi) is 6.06. The molecule has 1 amide bonds. The van der Waals surface area contributed by atoms with Gasteiger partial charge in [0.25, 0.3) is 5.88 Å². The third-order valence-corrected chi connectivity index (χ3v) is 5.20. The zero-order valence-electron chi connectivity index (χ0n) is 18.0. The fourth-order valence-electron chi connectivity index (χ4n) is 3.32. The average molecular weight is 460 g/mol. The van der Waals surface area contributed by atoms with E-state index in [0.29, 0.717) is 35.9 Å². The zero-order chi connectivity index (χ0) is 22.9. The lowest BCUT2D eigenvalue weighted by molar-refractivity contribution is 0.0270. The number of hydrogen-bond donors (Lipinski definition) is 0. The molecule has 32 heavy (non-hydrogen) atoms. The second-order valence-corrected chi connectivity index (χ2v) is 8.82. The topological polar surface area (TPSA) is 77.7 Å². The predicted molar refractivity (Wildman–Crippen MR) is 118 cm³/mol. The SMILES string of the molecule is CC(C)(C)OC(=O)N1CC=C(c2ncc(F)c(OCc3ccc(Cl)c4ccoc34)n2)CC1. The lowest BCUT2D eigenvalue weighted by atomic mass is 10.1. The summed E-state index contributed by atoms with van der Waals surface area (Å²) in [6.07, 6.45) is 4.62. The van der Waals surface area contributed by atoms with E-state index in [0.717, 1.165) is 22.7 Å². The predicted octanol–water partition coefficient (Wildman–Crippen LogP) is 5.62. The summed E-state index contributed by atoms with van der Waals surface area (Å²) in [5.41, 5.74) is 1.57. The van der Waals surface area contributed by atoms with Gasteiger partial charge in [0, 0.05) is 24.0 Å². The van der Waals surface area contributed by atoms with Crippen molar-refractivity contribution >= 4 is 34.2 Å². The molecular weight excluding hydrogens is 437 g/mol. The summed E-state index contributed by atoms with van der Waals surface area (Å²) >= 11 is 6.16. The number of aromatic nitrogens is 2. The van der Waals surface area contributed by atoms with Crippen LogP contribution in [0.3, 0.4) is 0 Å². The summed E-state index contributed by atoms with van der Waals surface area (Å²) in [4.78, 5) is 22.2. The lowest BCUT2D eigenvalue weighted by Gasteiger charge is -2.29. The van der Waals surface area contributed by atoms with Crippen LogP contribution in [0.1, 0.15) is 38.6 Å². The normalized spacial score (nSPS) is 14.4. The van der Waals surface area contributed by atoms with Crippen molar-refractivity contribution < 1.29 is 23.1 Å². The van der Waals surface area contributed by atoms with Crippen molar-refractivity contribution in [1.29, 1.82) is 0 Å². The van der Waals surface area contributed by atoms with Crippen molar-refractivity contribution in [3.8, 4) is 5.88 Å². The van der Waals surface area contributed by atoms with Crippen LogP contribution in [0.15, 0.2) is 41.2 Å². The molecule has 0 saturated heterocycles. The number of carbonyl (C=O) groups excluding carboxylic acids is 1. The molecule has 0 aliphatic carbocycles. The minimum Gasteiger partial charge on any atom is -0.470 e. The van der Waals surface area contributed by atoms with Crippen LogP contribution in [-0.2, 0) is 11.3 Å². The Morgan fingerprint density at radius 1 is 1.31 bits per heavy atom. The van der Waals surface area contributed by atoms with Gasteiger partial charge in [0.05, 0.1) is 17.5 Å². The number of nitrogens with zero attached hydrogens (tertiary/aromatic N) is 3. The first-order chi connectivity index (χ1) is 15.2. The molecule has 0 unspecified atom stereocenters. The van der Waals surface area contributed by atoms with E-state index in [2.05, 4.69) is 9.97 Å². The molecule has 0 bridgehead atoms. The summed E-state index contributed by atoms with van der Waals surface area (Å²) in [7, 11) is 0. The standard InChI is InChI=1S/C23H23ClFN3O4/c1-23(2,3)32-22(29)28-9-6-14(7-10-28)20-26-12-18(25)21(27-20)31-13-15-4-5-17(24)16-8-11-30-19(15)16/h4-6,8,11-12H,7,9-10,13H2,1-3H3. The molecule has 0 spiro atoms. The highest BCUT2D eigenvalue weighted by Crippen LogP contribution is 2.29. The number of carbonyl (C=O) groups is 1. The number of hydrogen-bond acceptors (Lipinski definition) is 6. The van der Waals surface area contributed by atoms with Crippen LogP contribution in [-0.4, -0.2) is 39.7 Å². The van der Waals surface area contributed by atoms with E-state index in [9.17, 15) is 9.18 Å². The van der Waals surface area contributed by atoms with Gasteiger partial charge < -0.3 is 18.8 Å². The molecule has 0 radical (unpaired) electrons. The van der Waals surface area contributed by atoms with E-state index in [1.54, 1.807) is 29.4 Å². The van der Waals surface area contributed by atoms with Gasteiger partial charge in [-0.15, -0.1) is 0 Å². The minimum atomic E-state index is -0.662. The van der Waals surface area contributed by atoms with Gasteiger partial charge in [0.1, 0.15) is 17.8 Å². The fraction of sp³-hybridized carbons (Fsp3) is 0.348. The number of amides is 1. The van der Waals surface area contributed by atoms with Crippen molar-refractivity contribution in [2.45, 2.75) is 39.4 Å². The molecular formula is C23H23ClFN3O4. The van der Waals surface area contributed by atoms with Gasteiger partial charge in [0.15, 0.2) is 5.82 Å². The lowest BCUT2D eigenvalue weighted by Crippen LogP contribution is -2.39. The third-order valence-electron chi connectivity index (χ3n) is 4.87. The second-order valence-electron chi connectivity index (χ2n) is 8.41. The summed E-state index contributed by atoms with van der Waals surface area (Å²) in [5.74, 6) is -0.449. The number of halogens is 2. The van der Waals surface area contributed by atoms with Gasteiger partial charge in [0.2, 0.25) is 5.82 Å². The zero-order valence-corrected chi connectivity index (χ0v) is 18.8. The molecule has 0 saturated carbocycles. The van der Waals surface area contributed by atoms with Crippen LogP contribution in [0.4, 0.5) is 9.18 Å². The van der Waals surface area contributed by atoms with Crippen LogP contribution in [0.25, 0.3) is 16.5 Å². The summed E-state index contributed by atoms with van der Waals surface area (Å²) < 4.78 is 30.8. The highest BCUT2D eigenvalue weighted by molar-refractivity contribution is 6.35. The fourth-order valence-corrected chi connectivity index (χ4v) is 3.53. The molecule has 3 aromatic rings. The van der Waals surface area contributed by atoms with Crippen LogP contribution in [0, 0.1) is 5.82 Å². The van der Waals surface area contributed by atoms with E-state index >= 15 is 0 Å². The van der Waals surface area contributed by atoms with Gasteiger partial charge in [-0.2, -0.15) is 9.37 Å². The molecule has 7 nitrogen and oxygen atoms in total. The highest BCUT2D eigenvalue weighted by Gasteiger charge is 2.25. The van der Waals surface area contributed by atoms with Gasteiger partial charge in [-0.3, -0.25) is 0 Å². The number of furan rings is 1. The molecule has 168 valence electrons. The molecule has 0 N–H and O–H groups in total. The minimum absolute atomic E-state index is 0.0556. The maximum absolute atomic E-state index is 14.3. The molecule has 1 aliphatic heterocycles. The van der Waals surface area contributed by atoms with E-state index in [-0.39, 0.29) is 18.6 Å². The summed E-state index contributed by atoms with van der Waals surface area (Å²) in [6.45, 7) is 6.35. The number of ether oxygens (including phenoxy) is 2. The van der Waals surface area contributed by atoms with Crippen molar-refractivity contribution in [2.75, 3.05) is 13.1 Å². The third kappa shape index (κ3) is 4.85. The number of rotatable bonds is 4. The van der Waals surface area contributed by atoms with Crippen LogP contribution >= 0.6 is 11.6 Å².